The summed E-state index contributed by atoms with van der Waals surface area (Å²) in [4.78, 5) is 2.40. The summed E-state index contributed by atoms with van der Waals surface area (Å²) in [6, 6.07) is 4.24. The predicted molar refractivity (Wildman–Crippen MR) is 62.9 cm³/mol. The molecule has 3 heteroatoms. The minimum atomic E-state index is 0.301. The molecule has 0 saturated carbocycles. The maximum Gasteiger partial charge on any atom is 0.120 e. The van der Waals surface area contributed by atoms with Crippen molar-refractivity contribution in [3.8, 4) is 0 Å². The topological polar surface area (TPSA) is 28.4 Å². The molecule has 86 valence electrons. The van der Waals surface area contributed by atoms with Gasteiger partial charge < -0.3 is 14.6 Å². The lowest BCUT2D eigenvalue weighted by atomic mass is 10.2. The molecule has 3 nitrogen and oxygen atoms in total. The number of furan rings is 1. The van der Waals surface area contributed by atoms with Crippen LogP contribution < -0.4 is 5.32 Å². The average molecular weight is 210 g/mol. The van der Waals surface area contributed by atoms with E-state index in [0.29, 0.717) is 6.04 Å². The molecule has 1 rings (SSSR count). The zero-order chi connectivity index (χ0) is 11.1. The minimum absolute atomic E-state index is 0.301. The smallest absolute Gasteiger partial charge is 0.120 e. The van der Waals surface area contributed by atoms with Gasteiger partial charge in [0, 0.05) is 13.1 Å². The van der Waals surface area contributed by atoms with Crippen LogP contribution in [0.4, 0.5) is 0 Å². The quantitative estimate of drug-likeness (QED) is 0.748. The lowest BCUT2D eigenvalue weighted by Crippen LogP contribution is -2.32. The van der Waals surface area contributed by atoms with E-state index in [-0.39, 0.29) is 0 Å². The first-order chi connectivity index (χ1) is 7.27. The van der Waals surface area contributed by atoms with Crippen LogP contribution in [0.2, 0.25) is 0 Å². The maximum atomic E-state index is 5.33. The Morgan fingerprint density at radius 2 is 2.13 bits per heavy atom. The molecular formula is C12H22N2O. The number of rotatable bonds is 7. The highest BCUT2D eigenvalue weighted by Gasteiger charge is 2.07. The second-order valence-electron chi connectivity index (χ2n) is 3.72. The van der Waals surface area contributed by atoms with Gasteiger partial charge in [-0.3, -0.25) is 0 Å². The summed E-state index contributed by atoms with van der Waals surface area (Å²) in [7, 11) is 0. The molecule has 0 radical (unpaired) electrons. The van der Waals surface area contributed by atoms with Gasteiger partial charge in [0.05, 0.1) is 12.3 Å². The molecule has 0 fully saturated rings. The molecule has 0 aliphatic rings. The molecule has 0 spiro atoms. The van der Waals surface area contributed by atoms with E-state index in [4.69, 9.17) is 4.42 Å². The Bertz CT molecular complexity index is 242. The molecule has 1 atom stereocenters. The fourth-order valence-electron chi connectivity index (χ4n) is 1.62. The first-order valence-corrected chi connectivity index (χ1v) is 5.77. The molecule has 15 heavy (non-hydrogen) atoms. The first kappa shape index (κ1) is 12.3. The van der Waals surface area contributed by atoms with Crippen LogP contribution in [0, 0.1) is 0 Å². The van der Waals surface area contributed by atoms with Crippen molar-refractivity contribution in [2.24, 2.45) is 0 Å². The summed E-state index contributed by atoms with van der Waals surface area (Å²) in [5.41, 5.74) is 0. The van der Waals surface area contributed by atoms with Gasteiger partial charge in [0.1, 0.15) is 5.76 Å². The SMILES string of the molecule is CCN(CC)CCN[C@H](C)c1ccco1. The highest BCUT2D eigenvalue weighted by Crippen LogP contribution is 2.11. The normalized spacial score (nSPS) is 13.3. The molecule has 0 aliphatic heterocycles. The van der Waals surface area contributed by atoms with Crippen LogP contribution in [0.25, 0.3) is 0 Å². The third kappa shape index (κ3) is 4.06. The van der Waals surface area contributed by atoms with Gasteiger partial charge in [-0.2, -0.15) is 0 Å². The van der Waals surface area contributed by atoms with E-state index in [9.17, 15) is 0 Å². The summed E-state index contributed by atoms with van der Waals surface area (Å²) in [6.07, 6.45) is 1.72. The molecule has 1 heterocycles. The summed E-state index contributed by atoms with van der Waals surface area (Å²) in [5.74, 6) is 1.01. The molecule has 0 aliphatic carbocycles. The highest BCUT2D eigenvalue weighted by atomic mass is 16.3. The summed E-state index contributed by atoms with van der Waals surface area (Å²) in [5, 5.41) is 3.45. The third-order valence-corrected chi connectivity index (χ3v) is 2.74. The van der Waals surface area contributed by atoms with Gasteiger partial charge in [0.25, 0.3) is 0 Å². The molecule has 0 saturated heterocycles. The van der Waals surface area contributed by atoms with E-state index < -0.39 is 0 Å². The zero-order valence-electron chi connectivity index (χ0n) is 9.99. The molecule has 1 N–H and O–H groups in total. The first-order valence-electron chi connectivity index (χ1n) is 5.77. The standard InChI is InChI=1S/C12H22N2O/c1-4-14(5-2)9-8-13-11(3)12-7-6-10-15-12/h6-7,10-11,13H,4-5,8-9H2,1-3H3/t11-/m1/s1. The van der Waals surface area contributed by atoms with E-state index >= 15 is 0 Å². The maximum absolute atomic E-state index is 5.33. The Balaban J connectivity index is 2.20. The Kier molecular flexibility index (Phi) is 5.43. The number of likely N-dealkylation sites (N-methyl/N-ethyl adjacent to an activating group) is 1. The third-order valence-electron chi connectivity index (χ3n) is 2.74. The predicted octanol–water partition coefficient (Wildman–Crippen LogP) is 2.27. The fourth-order valence-corrected chi connectivity index (χ4v) is 1.62. The second kappa shape index (κ2) is 6.64. The monoisotopic (exact) mass is 210 g/mol. The molecule has 0 aromatic carbocycles. The van der Waals surface area contributed by atoms with Crippen LogP contribution in [0.3, 0.4) is 0 Å². The number of hydrogen-bond donors (Lipinski definition) is 1. The molecular weight excluding hydrogens is 188 g/mol. The van der Waals surface area contributed by atoms with Crippen LogP contribution in [0.5, 0.6) is 0 Å². The van der Waals surface area contributed by atoms with Crippen molar-refractivity contribution < 1.29 is 4.42 Å². The Morgan fingerprint density at radius 3 is 2.67 bits per heavy atom. The van der Waals surface area contributed by atoms with Crippen LogP contribution in [0.15, 0.2) is 22.8 Å². The van der Waals surface area contributed by atoms with Crippen LogP contribution in [-0.4, -0.2) is 31.1 Å². The highest BCUT2D eigenvalue weighted by molar-refractivity contribution is 5.02. The van der Waals surface area contributed by atoms with Gasteiger partial charge in [-0.1, -0.05) is 13.8 Å². The van der Waals surface area contributed by atoms with Gasteiger partial charge in [-0.25, -0.2) is 0 Å². The van der Waals surface area contributed by atoms with Crippen molar-refractivity contribution in [2.45, 2.75) is 26.8 Å². The Labute approximate surface area is 92.5 Å². The lowest BCUT2D eigenvalue weighted by Gasteiger charge is -2.19. The van der Waals surface area contributed by atoms with E-state index in [0.717, 1.165) is 31.9 Å². The van der Waals surface area contributed by atoms with Crippen LogP contribution in [0.1, 0.15) is 32.6 Å². The largest absolute Gasteiger partial charge is 0.468 e. The molecule has 1 aromatic rings. The minimum Gasteiger partial charge on any atom is -0.468 e. The Morgan fingerprint density at radius 1 is 1.40 bits per heavy atom. The van der Waals surface area contributed by atoms with E-state index in [2.05, 4.69) is 31.0 Å². The Hall–Kier alpha value is -0.800. The van der Waals surface area contributed by atoms with E-state index in [1.54, 1.807) is 6.26 Å². The van der Waals surface area contributed by atoms with Crippen LogP contribution >= 0.6 is 0 Å². The van der Waals surface area contributed by atoms with E-state index in [1.165, 1.54) is 0 Å². The fraction of sp³-hybridized carbons (Fsp3) is 0.667. The molecule has 0 unspecified atom stereocenters. The molecule has 0 amide bonds. The van der Waals surface area contributed by atoms with Crippen molar-refractivity contribution in [3.63, 3.8) is 0 Å². The zero-order valence-corrected chi connectivity index (χ0v) is 9.99. The van der Waals surface area contributed by atoms with Crippen molar-refractivity contribution in [1.82, 2.24) is 10.2 Å². The average Bonchev–Trinajstić information content (AvgIpc) is 2.77. The van der Waals surface area contributed by atoms with Gasteiger partial charge in [-0.05, 0) is 32.1 Å². The van der Waals surface area contributed by atoms with Crippen molar-refractivity contribution in [2.75, 3.05) is 26.2 Å². The van der Waals surface area contributed by atoms with Gasteiger partial charge >= 0.3 is 0 Å². The van der Waals surface area contributed by atoms with Crippen molar-refractivity contribution in [3.05, 3.63) is 24.2 Å². The number of nitrogens with one attached hydrogen (secondary N) is 1. The van der Waals surface area contributed by atoms with E-state index in [1.807, 2.05) is 12.1 Å². The lowest BCUT2D eigenvalue weighted by molar-refractivity contribution is 0.294. The van der Waals surface area contributed by atoms with Gasteiger partial charge in [-0.15, -0.1) is 0 Å². The van der Waals surface area contributed by atoms with Crippen molar-refractivity contribution >= 4 is 0 Å². The van der Waals surface area contributed by atoms with Crippen LogP contribution in [-0.2, 0) is 0 Å². The van der Waals surface area contributed by atoms with Crippen molar-refractivity contribution in [1.29, 1.82) is 0 Å². The molecule has 1 aromatic heterocycles. The summed E-state index contributed by atoms with van der Waals surface area (Å²) in [6.45, 7) is 10.8. The summed E-state index contributed by atoms with van der Waals surface area (Å²) >= 11 is 0. The number of hydrogen-bond acceptors (Lipinski definition) is 3. The van der Waals surface area contributed by atoms with Gasteiger partial charge in [0.2, 0.25) is 0 Å². The number of nitrogens with zero attached hydrogens (tertiary/aromatic N) is 1. The van der Waals surface area contributed by atoms with Gasteiger partial charge in [0.15, 0.2) is 0 Å². The summed E-state index contributed by atoms with van der Waals surface area (Å²) < 4.78 is 5.33. The second-order valence-corrected chi connectivity index (χ2v) is 3.72. The molecule has 0 bridgehead atoms.